The Morgan fingerprint density at radius 1 is 0.441 bits per heavy atom. The number of Topliss-reactive ketones (excluding diaryl/α,β-unsaturated/α-hetero) is 4. The summed E-state index contributed by atoms with van der Waals surface area (Å²) in [5, 5.41) is 14.1. The summed E-state index contributed by atoms with van der Waals surface area (Å²) in [6.45, 7) is 11.2. The largest absolute Gasteiger partial charge is 0.497 e. The number of fused-ring (bicyclic) bond motifs is 11. The van der Waals surface area contributed by atoms with Crippen LogP contribution < -0.4 is 93.7 Å². The van der Waals surface area contributed by atoms with Gasteiger partial charge < -0.3 is 88.4 Å². The maximum Gasteiger partial charge on any atom is 0.341 e. The Hall–Kier alpha value is -12.2. The van der Waals surface area contributed by atoms with Gasteiger partial charge in [0.2, 0.25) is 0 Å². The minimum Gasteiger partial charge on any atom is -0.497 e. The van der Waals surface area contributed by atoms with Crippen LogP contribution in [0.25, 0.3) is 30.6 Å². The number of ketones is 4. The van der Waals surface area contributed by atoms with Crippen molar-refractivity contribution in [3.05, 3.63) is 221 Å². The van der Waals surface area contributed by atoms with E-state index in [1.165, 1.54) is 75.5 Å². The number of anilines is 2. The second kappa shape index (κ2) is 50.4. The molecule has 0 bridgehead atoms. The molecule has 45 heteroatoms. The van der Waals surface area contributed by atoms with E-state index >= 15 is 0 Å². The minimum atomic E-state index is -3.22. The van der Waals surface area contributed by atoms with Gasteiger partial charge in [-0.2, -0.15) is 0 Å². The molecule has 143 heavy (non-hydrogen) atoms. The Kier molecular flexibility index (Phi) is 39.2. The number of amides is 2. The van der Waals surface area contributed by atoms with Crippen LogP contribution in [-0.4, -0.2) is 151 Å². The molecule has 0 fully saturated rings. The van der Waals surface area contributed by atoms with Gasteiger partial charge in [0, 0.05) is 110 Å². The average molecular weight is 2140 g/mol. The van der Waals surface area contributed by atoms with Gasteiger partial charge in [-0.3, -0.25) is 58.1 Å². The average Bonchev–Trinajstić information content (AvgIpc) is 1.57. The number of halogens is 3. The number of nitrogens with two attached hydrogens (primary N) is 2. The van der Waals surface area contributed by atoms with Gasteiger partial charge in [0.25, 0.3) is 16.7 Å². The molecule has 36 nitrogen and oxygen atoms in total. The Morgan fingerprint density at radius 2 is 0.769 bits per heavy atom. The van der Waals surface area contributed by atoms with Crippen LogP contribution in [0.5, 0.6) is 46.0 Å². The molecule has 8 aromatic heterocycles. The first-order chi connectivity index (χ1) is 68.1. The number of nitrogens with zero attached hydrogens (tertiary/aromatic N) is 2. The lowest BCUT2D eigenvalue weighted by molar-refractivity contribution is -0.137. The lowest BCUT2D eigenvalue weighted by atomic mass is 9.94. The van der Waals surface area contributed by atoms with Crippen LogP contribution in [0.3, 0.4) is 0 Å². The number of ether oxygens (including phenoxy) is 10. The van der Waals surface area contributed by atoms with E-state index in [1.54, 1.807) is 133 Å². The molecule has 17 rings (SSSR count). The Bertz CT molecular complexity index is 7020. The fraction of sp³-hybridized carbons (Fsp3) is 0.408. The van der Waals surface area contributed by atoms with Crippen molar-refractivity contribution in [3.63, 3.8) is 0 Å². The smallest absolute Gasteiger partial charge is 0.341 e. The predicted octanol–water partition coefficient (Wildman–Crippen LogP) is 17.2. The van der Waals surface area contributed by atoms with Gasteiger partial charge in [-0.1, -0.05) is 6.07 Å². The molecule has 0 saturated carbocycles. The van der Waals surface area contributed by atoms with E-state index in [0.717, 1.165) is 137 Å². The summed E-state index contributed by atoms with van der Waals surface area (Å²) in [7, 11) is 12.5. The summed E-state index contributed by atoms with van der Waals surface area (Å²) < 4.78 is 64.0. The zero-order chi connectivity index (χ0) is 104. The molecule has 5 aliphatic rings. The molecule has 5 unspecified atom stereocenters. The minimum absolute atomic E-state index is 0.0241. The van der Waals surface area contributed by atoms with Crippen LogP contribution in [0.15, 0.2) is 102 Å². The standard InChI is InChI=1S/C23H28N2O6S.C21H22N2O5S.C20H20N2O6S.C13H17NO3S.C12H12N2O3S.C9H13NO2.Cl3OP/c1-5-31-22(27)20-19-14(10-13(2)26)7-9-18(19)32-21(20)25-23(28)24-12-15-6-8-16(29-3)11-17(15)30-4;1-11(24)8-12-5-7-16-17(12)18-19(29-16)22-21(26)23(20(18)25)10-13-4-6-14(27-2)9-15(13)28-3;1-27-12-5-3-11(13(8-12)28-2)9-22-19(25)17-16-10(7-15(23)24)4-6-14(16)29-18(17)21-20(22)26;1-3-17-13(16)11-10-8(6-7(2)15)4-5-9(10)18-12(11)14;1-5(15)4-6-2-3-7-8(6)9-10(16)13-12(17)14-11(9)18-7;1-11-8-4-3-7(6-10)9(5-8)12-2;1-5(2,3)4/h6,8,11,14H,5,7,9-10,12H2,1-4H3,(H2,24,25,28);4,6,9,12H,5,7-8,10H2,1-3H3,(H,22,26);3,5,8,10H,4,6-7,9H2,1-2H3,(H,21,26)(H,23,24);8H,3-6,14H2,1-2H3;6H,2-4H2,1H3,(H2,13,14,16,17);3-5H,6,10H2,1-2H3;. The molecule has 11 N–H and O–H groups in total. The number of carbonyl (C=O) groups excluding carboxylic acids is 7. The molecule has 0 radical (unpaired) electrons. The van der Waals surface area contributed by atoms with Crippen molar-refractivity contribution < 1.29 is 95.4 Å². The van der Waals surface area contributed by atoms with E-state index in [2.05, 4.69) is 64.3 Å². The van der Waals surface area contributed by atoms with E-state index in [1.807, 2.05) is 24.3 Å². The summed E-state index contributed by atoms with van der Waals surface area (Å²) in [5.41, 5.74) is 17.4. The number of thiophene rings is 5. The summed E-state index contributed by atoms with van der Waals surface area (Å²) in [5.74, 6) is 3.88. The van der Waals surface area contributed by atoms with Crippen LogP contribution in [0.2, 0.25) is 0 Å². The fourth-order valence-electron chi connectivity index (χ4n) is 18.3. The Morgan fingerprint density at radius 3 is 1.14 bits per heavy atom. The number of hydrogen-bond donors (Lipinski definition) is 9. The van der Waals surface area contributed by atoms with E-state index < -0.39 is 45.8 Å². The van der Waals surface area contributed by atoms with Crippen LogP contribution in [0.4, 0.5) is 14.8 Å². The number of aromatic amines is 4. The van der Waals surface area contributed by atoms with Gasteiger partial charge in [0.1, 0.15) is 93.6 Å². The van der Waals surface area contributed by atoms with Crippen molar-refractivity contribution >= 4 is 183 Å². The van der Waals surface area contributed by atoms with Crippen molar-refractivity contribution in [2.24, 2.45) is 5.73 Å². The highest BCUT2D eigenvalue weighted by Gasteiger charge is 2.39. The molecule has 5 atom stereocenters. The summed E-state index contributed by atoms with van der Waals surface area (Å²) in [6, 6.07) is 20.9. The zero-order valence-electron chi connectivity index (χ0n) is 81.0. The van der Waals surface area contributed by atoms with Gasteiger partial charge in [0.15, 0.2) is 0 Å². The maximum absolute atomic E-state index is 13.3. The second-order valence-corrected chi connectivity index (χ2v) is 46.0. The highest BCUT2D eigenvalue weighted by Crippen LogP contribution is 2.61. The highest BCUT2D eigenvalue weighted by molar-refractivity contribution is 8.24. The molecule has 5 aliphatic carbocycles. The molecule has 12 aromatic rings. The molecule has 766 valence electrons. The number of esters is 2. The van der Waals surface area contributed by atoms with Crippen LogP contribution in [0, 0.1) is 0 Å². The van der Waals surface area contributed by atoms with Gasteiger partial charge in [-0.05, 0) is 239 Å². The van der Waals surface area contributed by atoms with Crippen LogP contribution >= 0.6 is 95.6 Å². The number of carboxylic acids is 1. The lowest BCUT2D eigenvalue weighted by Crippen LogP contribution is -2.35. The third-order valence-corrected chi connectivity index (χ3v) is 30.2. The molecule has 0 saturated heterocycles. The number of nitrogens with one attached hydrogen (secondary N) is 6. The number of rotatable bonds is 30. The second-order valence-electron chi connectivity index (χ2n) is 33.8. The first-order valence-electron chi connectivity index (χ1n) is 45.4. The number of methoxy groups -OCH3 is 8. The Balaban J connectivity index is 0.000000166. The van der Waals surface area contributed by atoms with Crippen molar-refractivity contribution in [1.29, 1.82) is 0 Å². The SMILES string of the molecule is CC(=O)CC1CCc2sc3[nH]c(=O)[nH]c(=O)c3c21.CCOC(=O)c1c(N)sc2c1C(CC(C)=O)CC2.CCOC(=O)c1c(NC(=O)NCc2ccc(OC)cc2OC)sc2c1C(CC(C)=O)CC2.COc1ccc(CN)c(OC)c1.COc1ccc(Cn2c(=O)[nH]c3sc4c(c3c2=O)C(CC(=O)O)CC4)c(OC)c1.COc1ccc(Cn2c(=O)[nH]c3sc4c(c3c2=O)C(CC(C)=O)CC4)c(OC)c1.O=P(Cl)(Cl)Cl. The molecular weight excluding hydrogens is 2030 g/mol. The number of benzene rings is 4. The van der Waals surface area contributed by atoms with E-state index in [4.69, 9.17) is 58.8 Å². The summed E-state index contributed by atoms with van der Waals surface area (Å²) in [6.07, 6.45) is 10.1. The third kappa shape index (κ3) is 27.5. The molecule has 2 amide bonds. The van der Waals surface area contributed by atoms with Crippen molar-refractivity contribution in [1.82, 2.24) is 34.4 Å². The first kappa shape index (κ1) is 111. The topological polar surface area (TPSA) is 518 Å². The number of hydrogen-bond acceptors (Lipinski definition) is 32. The quantitative estimate of drug-likeness (QED) is 0.0149. The van der Waals surface area contributed by atoms with Gasteiger partial charge >= 0.3 is 46.2 Å². The summed E-state index contributed by atoms with van der Waals surface area (Å²) >= 11 is 21.0. The molecule has 0 aliphatic heterocycles. The van der Waals surface area contributed by atoms with E-state index in [-0.39, 0.29) is 102 Å². The number of carboxylic acid groups (broad SMARTS) is 1. The first-order valence-corrected chi connectivity index (χ1v) is 53.9. The number of aliphatic carboxylic acids is 1. The Labute approximate surface area is 854 Å². The van der Waals surface area contributed by atoms with Gasteiger partial charge in [-0.25, -0.2) is 28.8 Å². The fourth-order valence-corrected chi connectivity index (χ4v) is 24.6. The number of aryl methyl sites for hydroxylation is 5. The molecule has 0 spiro atoms. The highest BCUT2D eigenvalue weighted by atomic mass is 36.0. The van der Waals surface area contributed by atoms with Gasteiger partial charge in [0.05, 0.1) is 117 Å². The summed E-state index contributed by atoms with van der Waals surface area (Å²) in [4.78, 5) is 187. The molecule has 8 heterocycles. The third-order valence-electron chi connectivity index (χ3n) is 24.3. The van der Waals surface area contributed by atoms with E-state index in [9.17, 15) is 76.8 Å². The van der Waals surface area contributed by atoms with Crippen molar-refractivity contribution in [2.75, 3.05) is 81.1 Å². The number of carbonyl (C=O) groups is 8. The zero-order valence-corrected chi connectivity index (χ0v) is 88.2. The number of urea groups is 1. The van der Waals surface area contributed by atoms with Gasteiger partial charge in [-0.15, -0.1) is 56.7 Å². The van der Waals surface area contributed by atoms with Crippen molar-refractivity contribution in [3.8, 4) is 46.0 Å². The van der Waals surface area contributed by atoms with Crippen LogP contribution in [0.1, 0.15) is 231 Å². The molecule has 4 aromatic carbocycles. The van der Waals surface area contributed by atoms with Crippen molar-refractivity contribution in [2.45, 2.75) is 194 Å². The monoisotopic (exact) mass is 2140 g/mol. The lowest BCUT2D eigenvalue weighted by Gasteiger charge is -2.14. The number of H-pyrrole nitrogens is 4. The maximum atomic E-state index is 13.3. The van der Waals surface area contributed by atoms with E-state index in [0.29, 0.717) is 143 Å². The normalized spacial score (nSPS) is 15.2. The predicted molar refractivity (Wildman–Crippen MR) is 555 cm³/mol. The number of nitrogen functional groups attached to an aromatic ring is 1. The van der Waals surface area contributed by atoms with Crippen LogP contribution in [-0.2, 0) is 96.3 Å². The molecular formula is C98H112Cl3N10O26PS5. The number of aromatic nitrogens is 6.